The van der Waals surface area contributed by atoms with E-state index in [-0.39, 0.29) is 11.9 Å². The van der Waals surface area contributed by atoms with Gasteiger partial charge in [-0.15, -0.1) is 0 Å². The van der Waals surface area contributed by atoms with Gasteiger partial charge in [0.1, 0.15) is 23.1 Å². The van der Waals surface area contributed by atoms with E-state index in [1.54, 1.807) is 23.0 Å². The first kappa shape index (κ1) is 19.9. The third kappa shape index (κ3) is 3.52. The van der Waals surface area contributed by atoms with Gasteiger partial charge in [0.05, 0.1) is 17.8 Å². The van der Waals surface area contributed by atoms with Gasteiger partial charge in [0.15, 0.2) is 5.65 Å². The molecule has 0 bridgehead atoms. The van der Waals surface area contributed by atoms with Crippen molar-refractivity contribution in [3.63, 3.8) is 0 Å². The summed E-state index contributed by atoms with van der Waals surface area (Å²) in [5, 5.41) is 10.5. The topological polar surface area (TPSA) is 74.6 Å². The van der Waals surface area contributed by atoms with Crippen molar-refractivity contribution < 1.29 is 13.6 Å². The van der Waals surface area contributed by atoms with E-state index in [0.29, 0.717) is 35.7 Å². The fraction of sp³-hybridized carbons (Fsp3) is 0.409. The summed E-state index contributed by atoms with van der Waals surface area (Å²) in [5.74, 6) is -0.358. The van der Waals surface area contributed by atoms with Gasteiger partial charge in [-0.2, -0.15) is 5.10 Å². The van der Waals surface area contributed by atoms with Crippen LogP contribution in [0.1, 0.15) is 44.2 Å². The van der Waals surface area contributed by atoms with E-state index >= 15 is 0 Å². The van der Waals surface area contributed by atoms with Gasteiger partial charge in [0, 0.05) is 18.3 Å². The van der Waals surface area contributed by atoms with Crippen LogP contribution in [0.3, 0.4) is 0 Å². The Bertz CT molecular complexity index is 1140. The normalized spacial score (nSPS) is 23.6. The highest BCUT2D eigenvalue weighted by atomic mass is 19.1. The van der Waals surface area contributed by atoms with Crippen LogP contribution in [-0.2, 0) is 4.79 Å². The van der Waals surface area contributed by atoms with Crippen LogP contribution in [0.15, 0.2) is 36.7 Å². The Kier molecular flexibility index (Phi) is 4.85. The third-order valence-corrected chi connectivity index (χ3v) is 6.34. The number of fused-ring (bicyclic) bond motifs is 1. The fourth-order valence-corrected chi connectivity index (χ4v) is 4.59. The fourth-order valence-electron chi connectivity index (χ4n) is 4.59. The molecule has 0 aliphatic carbocycles. The number of carbonyl (C=O) groups is 1. The van der Waals surface area contributed by atoms with Crippen molar-refractivity contribution in [3.8, 4) is 0 Å². The van der Waals surface area contributed by atoms with Crippen LogP contribution >= 0.6 is 0 Å². The summed E-state index contributed by atoms with van der Waals surface area (Å²) in [6.07, 6.45) is 6.62. The van der Waals surface area contributed by atoms with Crippen LogP contribution in [0.4, 0.5) is 20.3 Å². The van der Waals surface area contributed by atoms with Crippen molar-refractivity contribution in [3.05, 3.63) is 53.9 Å². The van der Waals surface area contributed by atoms with Crippen molar-refractivity contribution in [2.75, 3.05) is 23.3 Å². The summed E-state index contributed by atoms with van der Waals surface area (Å²) in [5.41, 5.74) is 0.759. The molecule has 5 rings (SSSR count). The molecule has 1 amide bonds. The lowest BCUT2D eigenvalue weighted by Gasteiger charge is -2.26. The zero-order valence-corrected chi connectivity index (χ0v) is 17.2. The van der Waals surface area contributed by atoms with Crippen LogP contribution in [0.25, 0.3) is 5.65 Å². The van der Waals surface area contributed by atoms with E-state index in [1.165, 1.54) is 12.1 Å². The van der Waals surface area contributed by atoms with Crippen LogP contribution in [0.2, 0.25) is 0 Å². The molecule has 1 unspecified atom stereocenters. The number of rotatable bonds is 4. The van der Waals surface area contributed by atoms with Crippen molar-refractivity contribution in [2.45, 2.75) is 44.2 Å². The van der Waals surface area contributed by atoms with Gasteiger partial charge >= 0.3 is 0 Å². The highest BCUT2D eigenvalue weighted by molar-refractivity contribution is 6.00. The molecule has 3 aromatic rings. The molecular weight excluding hydrogens is 402 g/mol. The Labute approximate surface area is 178 Å². The lowest BCUT2D eigenvalue weighted by atomic mass is 9.99. The largest absolute Gasteiger partial charge is 0.349 e. The van der Waals surface area contributed by atoms with Crippen LogP contribution in [-0.4, -0.2) is 39.1 Å². The summed E-state index contributed by atoms with van der Waals surface area (Å²) >= 11 is 0. The molecule has 2 saturated heterocycles. The van der Waals surface area contributed by atoms with E-state index in [9.17, 15) is 13.6 Å². The molecule has 2 atom stereocenters. The van der Waals surface area contributed by atoms with E-state index in [2.05, 4.69) is 15.7 Å². The second-order valence-corrected chi connectivity index (χ2v) is 8.45. The van der Waals surface area contributed by atoms with Gasteiger partial charge in [-0.3, -0.25) is 4.79 Å². The first-order valence-electron chi connectivity index (χ1n) is 10.6. The summed E-state index contributed by atoms with van der Waals surface area (Å²) in [6, 6.07) is 5.06. The van der Waals surface area contributed by atoms with E-state index in [4.69, 9.17) is 4.98 Å². The monoisotopic (exact) mass is 426 g/mol. The van der Waals surface area contributed by atoms with E-state index < -0.39 is 17.2 Å². The highest BCUT2D eigenvalue weighted by Crippen LogP contribution is 2.37. The van der Waals surface area contributed by atoms with Gasteiger partial charge in [-0.05, 0) is 63.4 Å². The predicted octanol–water partition coefficient (Wildman–Crippen LogP) is 3.43. The Morgan fingerprint density at radius 2 is 2.16 bits per heavy atom. The lowest BCUT2D eigenvalue weighted by Crippen LogP contribution is -2.47. The Hall–Kier alpha value is -3.07. The summed E-state index contributed by atoms with van der Waals surface area (Å²) in [6.45, 7) is 3.39. The number of nitrogens with zero attached hydrogens (tertiary/aromatic N) is 4. The molecule has 4 heterocycles. The molecule has 0 saturated carbocycles. The Balaban J connectivity index is 1.46. The second-order valence-electron chi connectivity index (χ2n) is 8.45. The van der Waals surface area contributed by atoms with Crippen molar-refractivity contribution in [1.82, 2.24) is 19.9 Å². The summed E-state index contributed by atoms with van der Waals surface area (Å²) < 4.78 is 29.8. The maximum atomic E-state index is 14.4. The zero-order valence-electron chi connectivity index (χ0n) is 17.2. The molecule has 0 radical (unpaired) electrons. The summed E-state index contributed by atoms with van der Waals surface area (Å²) in [7, 11) is 0. The number of aromatic nitrogens is 3. The molecule has 2 aliphatic heterocycles. The van der Waals surface area contributed by atoms with Gasteiger partial charge in [-0.25, -0.2) is 18.3 Å². The molecule has 0 spiro atoms. The minimum absolute atomic E-state index is 0.118. The third-order valence-electron chi connectivity index (χ3n) is 6.34. The number of benzene rings is 1. The predicted molar refractivity (Wildman–Crippen MR) is 113 cm³/mol. The van der Waals surface area contributed by atoms with Crippen molar-refractivity contribution >= 4 is 23.1 Å². The summed E-state index contributed by atoms with van der Waals surface area (Å²) in [4.78, 5) is 19.5. The minimum Gasteiger partial charge on any atom is -0.349 e. The first-order valence-corrected chi connectivity index (χ1v) is 10.6. The Morgan fingerprint density at radius 1 is 1.29 bits per heavy atom. The van der Waals surface area contributed by atoms with Gasteiger partial charge in [0.2, 0.25) is 5.91 Å². The highest BCUT2D eigenvalue weighted by Gasteiger charge is 2.36. The molecule has 2 N–H and O–H groups in total. The molecule has 2 aliphatic rings. The maximum Gasteiger partial charge on any atom is 0.244 e. The molecule has 162 valence electrons. The smallest absolute Gasteiger partial charge is 0.244 e. The first-order chi connectivity index (χ1) is 14.9. The van der Waals surface area contributed by atoms with Gasteiger partial charge < -0.3 is 15.5 Å². The molecular formula is C22H24F2N6O. The van der Waals surface area contributed by atoms with E-state index in [0.717, 1.165) is 31.9 Å². The molecule has 1 aromatic carbocycles. The average molecular weight is 426 g/mol. The van der Waals surface area contributed by atoms with Crippen LogP contribution < -0.4 is 15.5 Å². The molecule has 7 nitrogen and oxygen atoms in total. The quantitative estimate of drug-likeness (QED) is 0.669. The number of anilines is 2. The molecule has 2 aromatic heterocycles. The zero-order chi connectivity index (χ0) is 21.6. The van der Waals surface area contributed by atoms with Gasteiger partial charge in [-0.1, -0.05) is 0 Å². The van der Waals surface area contributed by atoms with Crippen molar-refractivity contribution in [2.24, 2.45) is 0 Å². The molecule has 9 heteroatoms. The van der Waals surface area contributed by atoms with Crippen molar-refractivity contribution in [1.29, 1.82) is 0 Å². The SMILES string of the molecule is CC1(C(=O)Nc2cnn3ccc(N4CCC[C@@H]4c4cc(F)ccc4F)nc23)CCCN1. The maximum absolute atomic E-state index is 14.4. The average Bonchev–Trinajstić information content (AvgIpc) is 3.50. The number of hydrogen-bond acceptors (Lipinski definition) is 5. The van der Waals surface area contributed by atoms with Gasteiger partial charge in [0.25, 0.3) is 0 Å². The van der Waals surface area contributed by atoms with E-state index in [1.807, 2.05) is 11.8 Å². The molecule has 31 heavy (non-hydrogen) atoms. The molecule has 2 fully saturated rings. The lowest BCUT2D eigenvalue weighted by molar-refractivity contribution is -0.121. The number of nitrogens with one attached hydrogen (secondary N) is 2. The Morgan fingerprint density at radius 3 is 2.97 bits per heavy atom. The standard InChI is InChI=1S/C22H24F2N6O/c1-22(8-3-9-25-22)21(31)27-17-13-26-30-11-7-19(28-20(17)30)29-10-2-4-18(29)15-12-14(23)5-6-16(15)24/h5-7,11-13,18,25H,2-4,8-10H2,1H3,(H,27,31)/t18-,22?/m1/s1. The number of hydrogen-bond donors (Lipinski definition) is 2. The number of carbonyl (C=O) groups excluding carboxylic acids is 1. The minimum atomic E-state index is -0.610. The number of amides is 1. The number of halogens is 2. The van der Waals surface area contributed by atoms with Crippen LogP contribution in [0.5, 0.6) is 0 Å². The second kappa shape index (κ2) is 7.56. The van der Waals surface area contributed by atoms with Crippen LogP contribution in [0, 0.1) is 11.6 Å².